The van der Waals surface area contributed by atoms with E-state index >= 15 is 0 Å². The molecule has 0 radical (unpaired) electrons. The number of hydrogen-bond donors (Lipinski definition) is 1. The Morgan fingerprint density at radius 2 is 2.04 bits per heavy atom. The minimum atomic E-state index is -3.07. The van der Waals surface area contributed by atoms with Crippen LogP contribution in [0.2, 0.25) is 0 Å². The van der Waals surface area contributed by atoms with Gasteiger partial charge < -0.3 is 19.2 Å². The molecule has 11 heteroatoms. The molecule has 2 aromatic rings. The number of imidazole rings is 1. The van der Waals surface area contributed by atoms with Crippen LogP contribution in [0.1, 0.15) is 23.2 Å². The molecular formula is C17H22N4O5S2. The van der Waals surface area contributed by atoms with Gasteiger partial charge in [0, 0.05) is 32.5 Å². The first kappa shape index (κ1) is 20.5. The molecule has 0 saturated carbocycles. The van der Waals surface area contributed by atoms with E-state index in [1.807, 2.05) is 17.8 Å². The molecule has 1 atom stereocenters. The Labute approximate surface area is 167 Å². The molecular weight excluding hydrogens is 404 g/mol. The third-order valence-corrected chi connectivity index (χ3v) is 7.07. The van der Waals surface area contributed by atoms with Crippen molar-refractivity contribution in [2.75, 3.05) is 24.6 Å². The fraction of sp³-hybridized carbons (Fsp3) is 0.471. The molecule has 1 aliphatic rings. The summed E-state index contributed by atoms with van der Waals surface area (Å²) in [5.74, 6) is 0.381. The average Bonchev–Trinajstić information content (AvgIpc) is 3.28. The molecule has 1 fully saturated rings. The predicted octanol–water partition coefficient (Wildman–Crippen LogP) is 0.681. The van der Waals surface area contributed by atoms with Crippen molar-refractivity contribution in [2.24, 2.45) is 7.05 Å². The maximum absolute atomic E-state index is 12.4. The summed E-state index contributed by atoms with van der Waals surface area (Å²) in [4.78, 5) is 30.4. The first-order valence-electron chi connectivity index (χ1n) is 8.74. The predicted molar refractivity (Wildman–Crippen MR) is 104 cm³/mol. The number of thioether (sulfide) groups is 1. The second kappa shape index (κ2) is 8.39. The van der Waals surface area contributed by atoms with Crippen molar-refractivity contribution in [1.82, 2.24) is 19.8 Å². The maximum Gasteiger partial charge on any atom is 0.287 e. The molecule has 1 saturated heterocycles. The lowest BCUT2D eigenvalue weighted by Gasteiger charge is -2.29. The van der Waals surface area contributed by atoms with Gasteiger partial charge in [-0.25, -0.2) is 13.4 Å². The fourth-order valence-electron chi connectivity index (χ4n) is 2.74. The summed E-state index contributed by atoms with van der Waals surface area (Å²) in [6, 6.07) is 2.50. The lowest BCUT2D eigenvalue weighted by molar-refractivity contribution is -0.132. The van der Waals surface area contributed by atoms with Crippen molar-refractivity contribution in [3.63, 3.8) is 0 Å². The highest BCUT2D eigenvalue weighted by molar-refractivity contribution is 7.98. The monoisotopic (exact) mass is 426 g/mol. The largest absolute Gasteiger partial charge is 0.455 e. The number of sulfone groups is 1. The van der Waals surface area contributed by atoms with Crippen LogP contribution in [0.4, 0.5) is 0 Å². The lowest BCUT2D eigenvalue weighted by Crippen LogP contribution is -2.51. The SMILES string of the molecule is CC(NC(=O)c1ccc(CSc2nccn2C)o1)C(=O)N1CCS(=O)(=O)CC1. The van der Waals surface area contributed by atoms with Crippen molar-refractivity contribution >= 4 is 33.4 Å². The van der Waals surface area contributed by atoms with Crippen molar-refractivity contribution in [1.29, 1.82) is 0 Å². The fourth-order valence-corrected chi connectivity index (χ4v) is 4.77. The number of aromatic nitrogens is 2. The molecule has 0 bridgehead atoms. The summed E-state index contributed by atoms with van der Waals surface area (Å²) < 4.78 is 30.4. The van der Waals surface area contributed by atoms with Gasteiger partial charge in [0.2, 0.25) is 5.91 Å². The van der Waals surface area contributed by atoms with Crippen molar-refractivity contribution in [3.8, 4) is 0 Å². The molecule has 0 spiro atoms. The normalized spacial score (nSPS) is 17.3. The van der Waals surface area contributed by atoms with Gasteiger partial charge in [-0.05, 0) is 19.1 Å². The van der Waals surface area contributed by atoms with Crippen molar-refractivity contribution in [3.05, 3.63) is 36.0 Å². The lowest BCUT2D eigenvalue weighted by atomic mass is 10.2. The van der Waals surface area contributed by atoms with Gasteiger partial charge in [-0.1, -0.05) is 11.8 Å². The summed E-state index contributed by atoms with van der Waals surface area (Å²) in [7, 11) is -1.17. The first-order chi connectivity index (χ1) is 13.2. The maximum atomic E-state index is 12.4. The number of rotatable bonds is 6. The van der Waals surface area contributed by atoms with Crippen LogP contribution < -0.4 is 5.32 Å². The molecule has 2 amide bonds. The van der Waals surface area contributed by atoms with Gasteiger partial charge in [-0.2, -0.15) is 0 Å². The number of nitrogens with zero attached hydrogens (tertiary/aromatic N) is 3. The van der Waals surface area contributed by atoms with Crippen LogP contribution >= 0.6 is 11.8 Å². The van der Waals surface area contributed by atoms with Crippen LogP contribution in [0.15, 0.2) is 34.1 Å². The molecule has 2 aromatic heterocycles. The molecule has 1 aliphatic heterocycles. The Balaban J connectivity index is 1.52. The zero-order valence-electron chi connectivity index (χ0n) is 15.6. The molecule has 9 nitrogen and oxygen atoms in total. The summed E-state index contributed by atoms with van der Waals surface area (Å²) in [6.45, 7) is 1.87. The zero-order valence-corrected chi connectivity index (χ0v) is 17.3. The number of carbonyl (C=O) groups excluding carboxylic acids is 2. The Hall–Kier alpha value is -2.27. The van der Waals surface area contributed by atoms with E-state index in [0.717, 1.165) is 5.16 Å². The van der Waals surface area contributed by atoms with Gasteiger partial charge >= 0.3 is 0 Å². The summed E-state index contributed by atoms with van der Waals surface area (Å²) in [5.41, 5.74) is 0. The van der Waals surface area contributed by atoms with E-state index in [-0.39, 0.29) is 36.3 Å². The minimum Gasteiger partial charge on any atom is -0.455 e. The van der Waals surface area contributed by atoms with Gasteiger partial charge in [-0.15, -0.1) is 0 Å². The van der Waals surface area contributed by atoms with Crippen molar-refractivity contribution < 1.29 is 22.4 Å². The standard InChI is InChI=1S/C17H22N4O5S2/c1-12(16(23)21-7-9-28(24,25)10-8-21)19-15(22)14-4-3-13(26-14)11-27-17-18-5-6-20(17)2/h3-6,12H,7-11H2,1-2H3,(H,19,22). The number of hydrogen-bond acceptors (Lipinski definition) is 7. The Morgan fingerprint density at radius 3 is 2.68 bits per heavy atom. The molecule has 3 rings (SSSR count). The quantitative estimate of drug-likeness (QED) is 0.676. The summed E-state index contributed by atoms with van der Waals surface area (Å²) >= 11 is 1.49. The van der Waals surface area contributed by atoms with Gasteiger partial charge in [0.25, 0.3) is 5.91 Å². The Bertz CT molecular complexity index is 952. The zero-order chi connectivity index (χ0) is 20.3. The van der Waals surface area contributed by atoms with E-state index in [1.54, 1.807) is 25.3 Å². The highest BCUT2D eigenvalue weighted by atomic mass is 32.2. The second-order valence-corrected chi connectivity index (χ2v) is 9.79. The van der Waals surface area contributed by atoms with Gasteiger partial charge in [0.15, 0.2) is 20.8 Å². The van der Waals surface area contributed by atoms with Crippen molar-refractivity contribution in [2.45, 2.75) is 23.9 Å². The Kier molecular flexibility index (Phi) is 6.14. The van der Waals surface area contributed by atoms with Crippen LogP contribution in [0, 0.1) is 0 Å². The Morgan fingerprint density at radius 1 is 1.32 bits per heavy atom. The van der Waals surface area contributed by atoms with Gasteiger partial charge in [-0.3, -0.25) is 9.59 Å². The molecule has 1 N–H and O–H groups in total. The third-order valence-electron chi connectivity index (χ3n) is 4.38. The van der Waals surface area contributed by atoms with Crippen LogP contribution in [0.25, 0.3) is 0 Å². The number of furan rings is 1. The topological polar surface area (TPSA) is 115 Å². The molecule has 3 heterocycles. The molecule has 152 valence electrons. The number of aryl methyl sites for hydroxylation is 1. The molecule has 28 heavy (non-hydrogen) atoms. The van der Waals surface area contributed by atoms with Crippen LogP contribution in [-0.2, 0) is 27.4 Å². The van der Waals surface area contributed by atoms with Gasteiger partial charge in [0.05, 0.1) is 17.3 Å². The molecule has 0 aliphatic carbocycles. The van der Waals surface area contributed by atoms with E-state index in [9.17, 15) is 18.0 Å². The van der Waals surface area contributed by atoms with E-state index < -0.39 is 21.8 Å². The summed E-state index contributed by atoms with van der Waals surface area (Å²) in [6.07, 6.45) is 3.55. The third kappa shape index (κ3) is 4.96. The van der Waals surface area contributed by atoms with E-state index in [4.69, 9.17) is 4.42 Å². The van der Waals surface area contributed by atoms with E-state index in [1.165, 1.54) is 16.7 Å². The van der Waals surface area contributed by atoms with Crippen LogP contribution in [-0.4, -0.2) is 65.3 Å². The first-order valence-corrected chi connectivity index (χ1v) is 11.5. The van der Waals surface area contributed by atoms with Gasteiger partial charge in [0.1, 0.15) is 11.8 Å². The number of amides is 2. The molecule has 1 unspecified atom stereocenters. The summed E-state index contributed by atoms with van der Waals surface area (Å²) in [5, 5.41) is 3.45. The minimum absolute atomic E-state index is 0.0470. The van der Waals surface area contributed by atoms with E-state index in [2.05, 4.69) is 10.3 Å². The number of nitrogens with one attached hydrogen (secondary N) is 1. The molecule has 0 aromatic carbocycles. The van der Waals surface area contributed by atoms with Crippen LogP contribution in [0.5, 0.6) is 0 Å². The highest BCUT2D eigenvalue weighted by Gasteiger charge is 2.29. The highest BCUT2D eigenvalue weighted by Crippen LogP contribution is 2.22. The number of carbonyl (C=O) groups is 2. The van der Waals surface area contributed by atoms with Crippen LogP contribution in [0.3, 0.4) is 0 Å². The average molecular weight is 427 g/mol. The smallest absolute Gasteiger partial charge is 0.287 e. The van der Waals surface area contributed by atoms with E-state index in [0.29, 0.717) is 11.5 Å². The second-order valence-electron chi connectivity index (χ2n) is 6.55.